The number of para-hydroxylation sites is 1. The molecule has 0 unspecified atom stereocenters. The molecule has 118 valence electrons. The lowest BCUT2D eigenvalue weighted by molar-refractivity contribution is -0.131. The van der Waals surface area contributed by atoms with Gasteiger partial charge in [-0.3, -0.25) is 9.48 Å². The van der Waals surface area contributed by atoms with Gasteiger partial charge in [-0.2, -0.15) is 5.10 Å². The molecule has 1 fully saturated rings. The largest absolute Gasteiger partial charge is 0.356 e. The summed E-state index contributed by atoms with van der Waals surface area (Å²) in [4.78, 5) is 14.7. The molecule has 1 atom stereocenters. The zero-order chi connectivity index (χ0) is 15.6. The maximum Gasteiger partial charge on any atom is 0.229 e. The average Bonchev–Trinajstić information content (AvgIpc) is 3.29. The first kappa shape index (κ1) is 14.0. The van der Waals surface area contributed by atoms with E-state index in [4.69, 9.17) is 4.52 Å². The van der Waals surface area contributed by atoms with Crippen molar-refractivity contribution >= 4 is 16.9 Å². The molecule has 0 spiro atoms. The number of aromatic nitrogens is 3. The number of benzene rings is 1. The predicted octanol–water partition coefficient (Wildman–Crippen LogP) is 2.26. The molecule has 23 heavy (non-hydrogen) atoms. The van der Waals surface area contributed by atoms with Crippen LogP contribution in [-0.4, -0.2) is 38.3 Å². The molecule has 0 aliphatic carbocycles. The third-order valence-electron chi connectivity index (χ3n) is 4.43. The van der Waals surface area contributed by atoms with Crippen molar-refractivity contribution in [3.05, 3.63) is 48.4 Å². The summed E-state index contributed by atoms with van der Waals surface area (Å²) < 4.78 is 7.18. The third kappa shape index (κ3) is 2.72. The minimum Gasteiger partial charge on any atom is -0.356 e. The summed E-state index contributed by atoms with van der Waals surface area (Å²) in [5, 5.41) is 9.23. The summed E-state index contributed by atoms with van der Waals surface area (Å²) in [5.41, 5.74) is 1.44. The van der Waals surface area contributed by atoms with E-state index in [1.54, 1.807) is 6.20 Å². The Balaban J connectivity index is 1.49. The number of carbonyl (C=O) groups is 1. The fourth-order valence-corrected chi connectivity index (χ4v) is 3.29. The van der Waals surface area contributed by atoms with Crippen LogP contribution >= 0.6 is 0 Å². The van der Waals surface area contributed by atoms with E-state index in [2.05, 4.69) is 10.3 Å². The van der Waals surface area contributed by atoms with Gasteiger partial charge in [-0.25, -0.2) is 0 Å². The highest BCUT2D eigenvalue weighted by Crippen LogP contribution is 2.22. The van der Waals surface area contributed by atoms with Crippen LogP contribution in [0.5, 0.6) is 0 Å². The zero-order valence-corrected chi connectivity index (χ0v) is 12.8. The fourth-order valence-electron chi connectivity index (χ4n) is 3.29. The molecule has 1 amide bonds. The second-order valence-corrected chi connectivity index (χ2v) is 5.91. The van der Waals surface area contributed by atoms with Crippen LogP contribution in [0.2, 0.25) is 0 Å². The van der Waals surface area contributed by atoms with E-state index >= 15 is 0 Å². The minimum absolute atomic E-state index is 0.110. The molecule has 1 aliphatic rings. The van der Waals surface area contributed by atoms with E-state index in [9.17, 15) is 4.79 Å². The van der Waals surface area contributed by atoms with E-state index in [0.29, 0.717) is 0 Å². The molecule has 2 aromatic heterocycles. The molecule has 0 bridgehead atoms. The second-order valence-electron chi connectivity index (χ2n) is 5.91. The van der Waals surface area contributed by atoms with Crippen molar-refractivity contribution in [3.8, 4) is 0 Å². The van der Waals surface area contributed by atoms with Gasteiger partial charge < -0.3 is 9.42 Å². The molecular formula is C17H18N4O2. The van der Waals surface area contributed by atoms with E-state index in [-0.39, 0.29) is 18.4 Å². The van der Waals surface area contributed by atoms with Crippen molar-refractivity contribution in [2.24, 2.45) is 0 Å². The van der Waals surface area contributed by atoms with E-state index < -0.39 is 0 Å². The van der Waals surface area contributed by atoms with E-state index in [1.807, 2.05) is 46.1 Å². The van der Waals surface area contributed by atoms with Crippen LogP contribution in [-0.2, 0) is 17.8 Å². The SMILES string of the molecule is O=C(Cc1noc2ccccc12)N1CCC[C@H]1Cn1cccn1. The van der Waals surface area contributed by atoms with Crippen molar-refractivity contribution in [1.29, 1.82) is 0 Å². The first-order valence-electron chi connectivity index (χ1n) is 7.91. The summed E-state index contributed by atoms with van der Waals surface area (Å²) in [6.07, 6.45) is 6.05. The first-order valence-corrected chi connectivity index (χ1v) is 7.91. The molecule has 6 heteroatoms. The van der Waals surface area contributed by atoms with Crippen LogP contribution in [0.3, 0.4) is 0 Å². The van der Waals surface area contributed by atoms with Gasteiger partial charge in [0.25, 0.3) is 0 Å². The molecule has 6 nitrogen and oxygen atoms in total. The second kappa shape index (κ2) is 5.87. The quantitative estimate of drug-likeness (QED) is 0.741. The molecule has 3 aromatic rings. The van der Waals surface area contributed by atoms with Gasteiger partial charge in [0.05, 0.1) is 19.0 Å². The van der Waals surface area contributed by atoms with Crippen LogP contribution in [0, 0.1) is 0 Å². The van der Waals surface area contributed by atoms with Crippen molar-refractivity contribution in [2.45, 2.75) is 31.8 Å². The lowest BCUT2D eigenvalue weighted by Crippen LogP contribution is -2.39. The Labute approximate surface area is 133 Å². The molecule has 0 radical (unpaired) electrons. The van der Waals surface area contributed by atoms with Crippen LogP contribution in [0.15, 0.2) is 47.2 Å². The van der Waals surface area contributed by atoms with Crippen molar-refractivity contribution in [3.63, 3.8) is 0 Å². The Morgan fingerprint density at radius 2 is 2.22 bits per heavy atom. The number of likely N-dealkylation sites (tertiary alicyclic amines) is 1. The van der Waals surface area contributed by atoms with E-state index in [0.717, 1.165) is 42.6 Å². The number of nitrogens with zero attached hydrogens (tertiary/aromatic N) is 4. The highest BCUT2D eigenvalue weighted by atomic mass is 16.5. The Morgan fingerprint density at radius 1 is 1.30 bits per heavy atom. The standard InChI is InChI=1S/C17H18N4O2/c22-17(11-15-14-6-1-2-7-16(14)23-19-15)21-10-3-5-13(21)12-20-9-4-8-18-20/h1-2,4,6-9,13H,3,5,10-12H2/t13-/m0/s1. The smallest absolute Gasteiger partial charge is 0.229 e. The van der Waals surface area contributed by atoms with Crippen LogP contribution in [0.4, 0.5) is 0 Å². The number of amides is 1. The zero-order valence-electron chi connectivity index (χ0n) is 12.8. The topological polar surface area (TPSA) is 64.2 Å². The van der Waals surface area contributed by atoms with E-state index in [1.165, 1.54) is 0 Å². The van der Waals surface area contributed by atoms with Gasteiger partial charge in [-0.15, -0.1) is 0 Å². The van der Waals surface area contributed by atoms with Crippen molar-refractivity contribution < 1.29 is 9.32 Å². The molecule has 1 saturated heterocycles. The van der Waals surface area contributed by atoms with Crippen molar-refractivity contribution in [1.82, 2.24) is 19.8 Å². The Hall–Kier alpha value is -2.63. The molecule has 3 heterocycles. The summed E-state index contributed by atoms with van der Waals surface area (Å²) in [6.45, 7) is 1.55. The maximum absolute atomic E-state index is 12.7. The third-order valence-corrected chi connectivity index (χ3v) is 4.43. The summed E-state index contributed by atoms with van der Waals surface area (Å²) in [5.74, 6) is 0.110. The Morgan fingerprint density at radius 3 is 3.09 bits per heavy atom. The maximum atomic E-state index is 12.7. The number of carbonyl (C=O) groups excluding carboxylic acids is 1. The van der Waals surface area contributed by atoms with Gasteiger partial charge in [-0.05, 0) is 31.0 Å². The van der Waals surface area contributed by atoms with Gasteiger partial charge in [0.2, 0.25) is 5.91 Å². The monoisotopic (exact) mass is 310 g/mol. The van der Waals surface area contributed by atoms with Crippen LogP contribution < -0.4 is 0 Å². The average molecular weight is 310 g/mol. The van der Waals surface area contributed by atoms with Gasteiger partial charge in [0.15, 0.2) is 5.58 Å². The predicted molar refractivity (Wildman–Crippen MR) is 84.7 cm³/mol. The molecule has 0 saturated carbocycles. The molecule has 1 aliphatic heterocycles. The van der Waals surface area contributed by atoms with Gasteiger partial charge in [-0.1, -0.05) is 17.3 Å². The van der Waals surface area contributed by atoms with Gasteiger partial charge in [0, 0.05) is 24.3 Å². The van der Waals surface area contributed by atoms with Gasteiger partial charge in [0.1, 0.15) is 5.69 Å². The van der Waals surface area contributed by atoms with Gasteiger partial charge >= 0.3 is 0 Å². The minimum atomic E-state index is 0.110. The molecule has 0 N–H and O–H groups in total. The highest BCUT2D eigenvalue weighted by molar-refractivity contribution is 5.86. The lowest BCUT2D eigenvalue weighted by atomic mass is 10.1. The molecule has 4 rings (SSSR count). The van der Waals surface area contributed by atoms with Crippen LogP contribution in [0.25, 0.3) is 11.0 Å². The van der Waals surface area contributed by atoms with Crippen LogP contribution in [0.1, 0.15) is 18.5 Å². The number of rotatable bonds is 4. The first-order chi connectivity index (χ1) is 11.3. The fraction of sp³-hybridized carbons (Fsp3) is 0.353. The van der Waals surface area contributed by atoms with Crippen molar-refractivity contribution in [2.75, 3.05) is 6.54 Å². The molecular weight excluding hydrogens is 292 g/mol. The summed E-state index contributed by atoms with van der Waals surface area (Å²) in [7, 11) is 0. The highest BCUT2D eigenvalue weighted by Gasteiger charge is 2.29. The lowest BCUT2D eigenvalue weighted by Gasteiger charge is -2.24. The Bertz CT molecular complexity index is 809. The number of fused-ring (bicyclic) bond motifs is 1. The summed E-state index contributed by atoms with van der Waals surface area (Å²) >= 11 is 0. The molecule has 1 aromatic carbocycles. The Kier molecular flexibility index (Phi) is 3.57. The summed E-state index contributed by atoms with van der Waals surface area (Å²) in [6, 6.07) is 9.76. The number of hydrogen-bond donors (Lipinski definition) is 0. The number of hydrogen-bond acceptors (Lipinski definition) is 4. The normalized spacial score (nSPS) is 17.9.